The molecular formula is C12H22F2O2. The van der Waals surface area contributed by atoms with Crippen molar-refractivity contribution in [3.63, 3.8) is 0 Å². The van der Waals surface area contributed by atoms with Gasteiger partial charge >= 0.3 is 11.9 Å². The Labute approximate surface area is 96.4 Å². The molecule has 0 aliphatic heterocycles. The van der Waals surface area contributed by atoms with Crippen molar-refractivity contribution in [2.45, 2.75) is 64.7 Å². The molecule has 0 amide bonds. The van der Waals surface area contributed by atoms with Gasteiger partial charge in [0.25, 0.3) is 0 Å². The molecule has 2 nitrogen and oxygen atoms in total. The molecule has 0 spiro atoms. The molecule has 0 bridgehead atoms. The summed E-state index contributed by atoms with van der Waals surface area (Å²) in [4.78, 5) is 10.9. The number of carbonyl (C=O) groups is 1. The number of alkyl halides is 2. The van der Waals surface area contributed by atoms with Gasteiger partial charge in [0.1, 0.15) is 0 Å². The van der Waals surface area contributed by atoms with Gasteiger partial charge in [-0.3, -0.25) is 0 Å². The van der Waals surface area contributed by atoms with Gasteiger partial charge in [-0.2, -0.15) is 8.78 Å². The molecule has 0 aromatic heterocycles. The van der Waals surface area contributed by atoms with Gasteiger partial charge in [-0.25, -0.2) is 4.79 Å². The lowest BCUT2D eigenvalue weighted by Crippen LogP contribution is -2.30. The highest BCUT2D eigenvalue weighted by Crippen LogP contribution is 2.23. The molecule has 16 heavy (non-hydrogen) atoms. The van der Waals surface area contributed by atoms with Crippen molar-refractivity contribution in [1.29, 1.82) is 0 Å². The Morgan fingerprint density at radius 2 is 1.62 bits per heavy atom. The number of hydrogen-bond acceptors (Lipinski definition) is 2. The maximum absolute atomic E-state index is 13.1. The summed E-state index contributed by atoms with van der Waals surface area (Å²) in [5.41, 5.74) is 0. The first kappa shape index (κ1) is 15.3. The number of carbonyl (C=O) groups excluding carboxylic acids is 1. The average Bonchev–Trinajstić information content (AvgIpc) is 2.23. The summed E-state index contributed by atoms with van der Waals surface area (Å²) in [6.07, 6.45) is 5.09. The Morgan fingerprint density at radius 3 is 2.19 bits per heavy atom. The average molecular weight is 236 g/mol. The molecule has 96 valence electrons. The van der Waals surface area contributed by atoms with Crippen LogP contribution in [0.1, 0.15) is 58.8 Å². The molecule has 0 radical (unpaired) electrons. The topological polar surface area (TPSA) is 26.3 Å². The normalized spacial score (nSPS) is 11.5. The zero-order valence-corrected chi connectivity index (χ0v) is 10.2. The summed E-state index contributed by atoms with van der Waals surface area (Å²) >= 11 is 0. The summed E-state index contributed by atoms with van der Waals surface area (Å²) in [5, 5.41) is 0. The monoisotopic (exact) mass is 236 g/mol. The van der Waals surface area contributed by atoms with Gasteiger partial charge in [-0.1, -0.05) is 39.0 Å². The van der Waals surface area contributed by atoms with Crippen LogP contribution in [0.25, 0.3) is 0 Å². The molecule has 4 heteroatoms. The number of hydrogen-bond donors (Lipinski definition) is 0. The standard InChI is InChI=1S/C12H22F2O2/c1-3-5-6-7-8-9-10-12(13,14)11(15)16-4-2/h3-10H2,1-2H3. The fourth-order valence-corrected chi connectivity index (χ4v) is 1.47. The van der Waals surface area contributed by atoms with Crippen LogP contribution >= 0.6 is 0 Å². The number of rotatable bonds is 9. The van der Waals surface area contributed by atoms with Crippen LogP contribution in [0.5, 0.6) is 0 Å². The van der Waals surface area contributed by atoms with E-state index in [0.29, 0.717) is 6.42 Å². The van der Waals surface area contributed by atoms with E-state index in [-0.39, 0.29) is 6.61 Å². The minimum Gasteiger partial charge on any atom is -0.462 e. The van der Waals surface area contributed by atoms with Crippen LogP contribution in [0.2, 0.25) is 0 Å². The molecule has 0 atom stereocenters. The number of halogens is 2. The zero-order valence-electron chi connectivity index (χ0n) is 10.2. The van der Waals surface area contributed by atoms with Gasteiger partial charge in [0, 0.05) is 6.42 Å². The summed E-state index contributed by atoms with van der Waals surface area (Å²) in [6, 6.07) is 0. The molecule has 0 rings (SSSR count). The molecule has 0 saturated carbocycles. The Morgan fingerprint density at radius 1 is 1.06 bits per heavy atom. The maximum atomic E-state index is 13.1. The Bertz CT molecular complexity index is 193. The number of unbranched alkanes of at least 4 members (excludes halogenated alkanes) is 5. The van der Waals surface area contributed by atoms with E-state index in [1.165, 1.54) is 6.92 Å². The van der Waals surface area contributed by atoms with Gasteiger partial charge < -0.3 is 4.74 Å². The zero-order chi connectivity index (χ0) is 12.4. The third kappa shape index (κ3) is 6.75. The predicted octanol–water partition coefficient (Wildman–Crippen LogP) is 3.94. The molecule has 0 fully saturated rings. The van der Waals surface area contributed by atoms with Gasteiger partial charge in [0.15, 0.2) is 0 Å². The lowest BCUT2D eigenvalue weighted by atomic mass is 10.1. The van der Waals surface area contributed by atoms with E-state index < -0.39 is 18.3 Å². The largest absolute Gasteiger partial charge is 0.462 e. The van der Waals surface area contributed by atoms with E-state index in [4.69, 9.17) is 0 Å². The molecule has 0 aromatic carbocycles. The Balaban J connectivity index is 3.61. The third-order valence-corrected chi connectivity index (χ3v) is 2.42. The SMILES string of the molecule is CCCCCCCCC(F)(F)C(=O)OCC. The van der Waals surface area contributed by atoms with E-state index >= 15 is 0 Å². The molecule has 0 saturated heterocycles. The van der Waals surface area contributed by atoms with Crippen LogP contribution in [0.3, 0.4) is 0 Å². The van der Waals surface area contributed by atoms with Crippen LogP contribution < -0.4 is 0 Å². The molecule has 0 heterocycles. The minimum absolute atomic E-state index is 0.00488. The predicted molar refractivity (Wildman–Crippen MR) is 59.6 cm³/mol. The van der Waals surface area contributed by atoms with E-state index in [2.05, 4.69) is 11.7 Å². The molecule has 0 aliphatic carbocycles. The first-order chi connectivity index (χ1) is 7.54. The molecular weight excluding hydrogens is 214 g/mol. The van der Waals surface area contributed by atoms with Gasteiger partial charge in [-0.15, -0.1) is 0 Å². The second-order valence-corrected chi connectivity index (χ2v) is 3.94. The maximum Gasteiger partial charge on any atom is 0.376 e. The highest BCUT2D eigenvalue weighted by Gasteiger charge is 2.39. The van der Waals surface area contributed by atoms with Crippen molar-refractivity contribution in [1.82, 2.24) is 0 Å². The van der Waals surface area contributed by atoms with E-state index in [0.717, 1.165) is 32.1 Å². The van der Waals surface area contributed by atoms with Crippen molar-refractivity contribution in [2.24, 2.45) is 0 Å². The van der Waals surface area contributed by atoms with Gasteiger partial charge in [-0.05, 0) is 13.3 Å². The summed E-state index contributed by atoms with van der Waals surface area (Å²) < 4.78 is 30.5. The van der Waals surface area contributed by atoms with Crippen LogP contribution in [0.15, 0.2) is 0 Å². The first-order valence-electron chi connectivity index (χ1n) is 6.09. The second kappa shape index (κ2) is 8.48. The highest BCUT2D eigenvalue weighted by molar-refractivity contribution is 5.77. The smallest absolute Gasteiger partial charge is 0.376 e. The lowest BCUT2D eigenvalue weighted by molar-refractivity contribution is -0.172. The highest BCUT2D eigenvalue weighted by atomic mass is 19.3. The fourth-order valence-electron chi connectivity index (χ4n) is 1.47. The number of ether oxygens (including phenoxy) is 1. The van der Waals surface area contributed by atoms with Crippen molar-refractivity contribution in [3.05, 3.63) is 0 Å². The molecule has 0 unspecified atom stereocenters. The van der Waals surface area contributed by atoms with E-state index in [1.807, 2.05) is 0 Å². The van der Waals surface area contributed by atoms with Crippen LogP contribution in [0, 0.1) is 0 Å². The van der Waals surface area contributed by atoms with Crippen molar-refractivity contribution in [2.75, 3.05) is 6.61 Å². The fraction of sp³-hybridized carbons (Fsp3) is 0.917. The molecule has 0 aliphatic rings. The van der Waals surface area contributed by atoms with E-state index in [1.54, 1.807) is 0 Å². The Hall–Kier alpha value is -0.670. The van der Waals surface area contributed by atoms with Crippen LogP contribution in [-0.2, 0) is 9.53 Å². The summed E-state index contributed by atoms with van der Waals surface area (Å²) in [7, 11) is 0. The van der Waals surface area contributed by atoms with Crippen molar-refractivity contribution in [3.8, 4) is 0 Å². The van der Waals surface area contributed by atoms with Crippen molar-refractivity contribution < 1.29 is 18.3 Å². The Kier molecular flexibility index (Phi) is 8.12. The number of esters is 1. The van der Waals surface area contributed by atoms with Crippen LogP contribution in [0.4, 0.5) is 8.78 Å². The summed E-state index contributed by atoms with van der Waals surface area (Å²) in [5.74, 6) is -4.69. The van der Waals surface area contributed by atoms with Gasteiger partial charge in [0.2, 0.25) is 0 Å². The molecule has 0 N–H and O–H groups in total. The van der Waals surface area contributed by atoms with Crippen LogP contribution in [-0.4, -0.2) is 18.5 Å². The van der Waals surface area contributed by atoms with Crippen molar-refractivity contribution >= 4 is 5.97 Å². The second-order valence-electron chi connectivity index (χ2n) is 3.94. The van der Waals surface area contributed by atoms with Gasteiger partial charge in [0.05, 0.1) is 6.61 Å². The third-order valence-electron chi connectivity index (χ3n) is 2.42. The minimum atomic E-state index is -3.30. The van der Waals surface area contributed by atoms with E-state index in [9.17, 15) is 13.6 Å². The quantitative estimate of drug-likeness (QED) is 0.448. The first-order valence-corrected chi connectivity index (χ1v) is 6.09. The molecule has 0 aromatic rings. The lowest BCUT2D eigenvalue weighted by Gasteiger charge is -2.14. The summed E-state index contributed by atoms with van der Waals surface area (Å²) in [6.45, 7) is 3.64.